The number of carbonyl (C=O) groups excluding carboxylic acids is 1. The van der Waals surface area contributed by atoms with Gasteiger partial charge in [-0.05, 0) is 5.41 Å². The van der Waals surface area contributed by atoms with E-state index in [4.69, 9.17) is 5.73 Å². The molecule has 3 N–H and O–H groups in total. The molecule has 8 heteroatoms. The highest BCUT2D eigenvalue weighted by Crippen LogP contribution is 2.29. The van der Waals surface area contributed by atoms with Crippen LogP contribution in [0.1, 0.15) is 27.2 Å². The van der Waals surface area contributed by atoms with Gasteiger partial charge in [0, 0.05) is 18.5 Å². The Bertz CT molecular complexity index is 571. The zero-order chi connectivity index (χ0) is 16.4. The van der Waals surface area contributed by atoms with Gasteiger partial charge in [-0.15, -0.1) is 0 Å². The minimum absolute atomic E-state index is 0.141. The number of rotatable bonds is 4. The van der Waals surface area contributed by atoms with E-state index in [1.165, 1.54) is 0 Å². The van der Waals surface area contributed by atoms with Gasteiger partial charge in [-0.1, -0.05) is 20.8 Å². The van der Waals surface area contributed by atoms with E-state index in [2.05, 4.69) is 5.32 Å². The molecular formula is C13H17F2N3O3. The fraction of sp³-hybridized carbons (Fsp3) is 0.462. The van der Waals surface area contributed by atoms with E-state index in [1.54, 1.807) is 0 Å². The Kier molecular flexibility index (Phi) is 4.95. The van der Waals surface area contributed by atoms with Crippen molar-refractivity contribution in [3.63, 3.8) is 0 Å². The van der Waals surface area contributed by atoms with Crippen LogP contribution in [0.3, 0.4) is 0 Å². The molecule has 0 saturated carbocycles. The lowest BCUT2D eigenvalue weighted by atomic mass is 9.85. The van der Waals surface area contributed by atoms with Gasteiger partial charge in [-0.25, -0.2) is 8.78 Å². The van der Waals surface area contributed by atoms with E-state index in [-0.39, 0.29) is 11.8 Å². The molecule has 6 nitrogen and oxygen atoms in total. The summed E-state index contributed by atoms with van der Waals surface area (Å²) in [6.07, 6.45) is -0.141. The third-order valence-corrected chi connectivity index (χ3v) is 3.01. The molecule has 21 heavy (non-hydrogen) atoms. The fourth-order valence-corrected chi connectivity index (χ4v) is 1.52. The van der Waals surface area contributed by atoms with Crippen molar-refractivity contribution in [2.75, 3.05) is 5.32 Å². The van der Waals surface area contributed by atoms with Crippen molar-refractivity contribution < 1.29 is 18.5 Å². The summed E-state index contributed by atoms with van der Waals surface area (Å²) in [4.78, 5) is 21.6. The van der Waals surface area contributed by atoms with Crippen molar-refractivity contribution in [3.8, 4) is 0 Å². The minimum atomic E-state index is -1.21. The van der Waals surface area contributed by atoms with Gasteiger partial charge in [-0.2, -0.15) is 0 Å². The number of amides is 1. The van der Waals surface area contributed by atoms with E-state index in [0.29, 0.717) is 12.1 Å². The Morgan fingerprint density at radius 2 is 2.00 bits per heavy atom. The number of hydrogen-bond donors (Lipinski definition) is 2. The molecule has 0 aliphatic carbocycles. The van der Waals surface area contributed by atoms with Crippen LogP contribution in [0.5, 0.6) is 0 Å². The molecule has 0 heterocycles. The first-order chi connectivity index (χ1) is 9.52. The van der Waals surface area contributed by atoms with Crippen molar-refractivity contribution >= 4 is 17.3 Å². The van der Waals surface area contributed by atoms with Crippen LogP contribution >= 0.6 is 0 Å². The number of hydrogen-bond acceptors (Lipinski definition) is 4. The highest BCUT2D eigenvalue weighted by molar-refractivity contribution is 5.93. The molecule has 0 aromatic heterocycles. The molecule has 1 unspecified atom stereocenters. The van der Waals surface area contributed by atoms with Crippen LogP contribution in [-0.4, -0.2) is 16.9 Å². The first kappa shape index (κ1) is 17.0. The maximum atomic E-state index is 13.6. The number of nitro groups is 1. The lowest BCUT2D eigenvalue weighted by Crippen LogP contribution is -2.38. The Morgan fingerprint density at radius 1 is 1.43 bits per heavy atom. The largest absolute Gasteiger partial charge is 0.327 e. The maximum absolute atomic E-state index is 13.6. The van der Waals surface area contributed by atoms with Crippen molar-refractivity contribution in [2.45, 2.75) is 33.2 Å². The van der Waals surface area contributed by atoms with Crippen molar-refractivity contribution in [3.05, 3.63) is 33.9 Å². The number of carbonyl (C=O) groups is 1. The molecule has 1 atom stereocenters. The van der Waals surface area contributed by atoms with Gasteiger partial charge >= 0.3 is 0 Å². The molecule has 0 aliphatic heterocycles. The molecule has 0 fully saturated rings. The van der Waals surface area contributed by atoms with Gasteiger partial charge < -0.3 is 11.1 Å². The number of anilines is 1. The molecule has 0 aliphatic rings. The highest BCUT2D eigenvalue weighted by Gasteiger charge is 2.26. The highest BCUT2D eigenvalue weighted by atomic mass is 19.1. The monoisotopic (exact) mass is 301 g/mol. The van der Waals surface area contributed by atoms with E-state index in [1.807, 2.05) is 20.8 Å². The Hall–Kier alpha value is -2.09. The molecule has 116 valence electrons. The van der Waals surface area contributed by atoms with Crippen LogP contribution in [0.2, 0.25) is 0 Å². The smallest absolute Gasteiger partial charge is 0.298 e. The predicted octanol–water partition coefficient (Wildman–Crippen LogP) is 2.58. The summed E-state index contributed by atoms with van der Waals surface area (Å²) in [6, 6.07) is 0.495. The van der Waals surface area contributed by atoms with E-state index in [0.717, 1.165) is 0 Å². The van der Waals surface area contributed by atoms with Gasteiger partial charge in [0.2, 0.25) is 5.91 Å². The summed E-state index contributed by atoms with van der Waals surface area (Å²) < 4.78 is 26.6. The molecule has 0 spiro atoms. The van der Waals surface area contributed by atoms with Crippen LogP contribution in [0.15, 0.2) is 12.1 Å². The quantitative estimate of drug-likeness (QED) is 0.659. The fourth-order valence-electron chi connectivity index (χ4n) is 1.52. The van der Waals surface area contributed by atoms with Crippen LogP contribution in [0, 0.1) is 27.2 Å². The maximum Gasteiger partial charge on any atom is 0.298 e. The summed E-state index contributed by atoms with van der Waals surface area (Å²) in [7, 11) is 0. The average Bonchev–Trinajstić information content (AvgIpc) is 2.30. The van der Waals surface area contributed by atoms with Gasteiger partial charge in [0.25, 0.3) is 5.69 Å². The second-order valence-corrected chi connectivity index (χ2v) is 5.76. The van der Waals surface area contributed by atoms with Crippen LogP contribution in [0.25, 0.3) is 0 Å². The Balaban J connectivity index is 2.98. The number of nitrogens with two attached hydrogens (primary N) is 1. The van der Waals surface area contributed by atoms with Crippen molar-refractivity contribution in [1.29, 1.82) is 0 Å². The van der Waals surface area contributed by atoms with Crippen LogP contribution in [0.4, 0.5) is 20.2 Å². The first-order valence-electron chi connectivity index (χ1n) is 6.21. The number of nitro benzene ring substituents is 1. The summed E-state index contributed by atoms with van der Waals surface area (Å²) in [5.41, 5.74) is 3.96. The SMILES string of the molecule is CC(C)(C)C(N)CC(=O)Nc1c(F)cc(F)cc1[N+](=O)[O-]. The second-order valence-electron chi connectivity index (χ2n) is 5.76. The molecule has 1 aromatic carbocycles. The number of nitrogens with one attached hydrogen (secondary N) is 1. The average molecular weight is 301 g/mol. The van der Waals surface area contributed by atoms with Gasteiger partial charge in [-0.3, -0.25) is 14.9 Å². The standard InChI is InChI=1S/C13H17F2N3O3/c1-13(2,3)10(16)6-11(19)17-12-8(15)4-7(14)5-9(12)18(20)21/h4-5,10H,6,16H2,1-3H3,(H,17,19). The van der Waals surface area contributed by atoms with E-state index >= 15 is 0 Å². The zero-order valence-corrected chi connectivity index (χ0v) is 11.9. The van der Waals surface area contributed by atoms with Crippen molar-refractivity contribution in [2.24, 2.45) is 11.1 Å². The number of halogens is 2. The zero-order valence-electron chi connectivity index (χ0n) is 11.9. The molecular weight excluding hydrogens is 284 g/mol. The van der Waals surface area contributed by atoms with Crippen LogP contribution < -0.4 is 11.1 Å². The van der Waals surface area contributed by atoms with E-state index in [9.17, 15) is 23.7 Å². The number of nitrogens with zero attached hydrogens (tertiary/aromatic N) is 1. The third kappa shape index (κ3) is 4.45. The van der Waals surface area contributed by atoms with Crippen LogP contribution in [-0.2, 0) is 4.79 Å². The minimum Gasteiger partial charge on any atom is -0.327 e. The second kappa shape index (κ2) is 6.13. The summed E-state index contributed by atoms with van der Waals surface area (Å²) in [6.45, 7) is 5.48. The lowest BCUT2D eigenvalue weighted by molar-refractivity contribution is -0.384. The van der Waals surface area contributed by atoms with Gasteiger partial charge in [0.1, 0.15) is 5.82 Å². The molecule has 1 rings (SSSR count). The van der Waals surface area contributed by atoms with Crippen molar-refractivity contribution in [1.82, 2.24) is 0 Å². The summed E-state index contributed by atoms with van der Waals surface area (Å²) in [5, 5.41) is 12.9. The summed E-state index contributed by atoms with van der Waals surface area (Å²) in [5.74, 6) is -2.98. The molecule has 0 radical (unpaired) electrons. The molecule has 1 aromatic rings. The normalized spacial score (nSPS) is 12.9. The number of benzene rings is 1. The first-order valence-corrected chi connectivity index (χ1v) is 6.21. The molecule has 0 bridgehead atoms. The lowest BCUT2D eigenvalue weighted by Gasteiger charge is -2.26. The molecule has 1 amide bonds. The third-order valence-electron chi connectivity index (χ3n) is 3.01. The van der Waals surface area contributed by atoms with Gasteiger partial charge in [0.05, 0.1) is 11.0 Å². The Labute approximate surface area is 120 Å². The van der Waals surface area contributed by atoms with Gasteiger partial charge in [0.15, 0.2) is 11.5 Å². The topological polar surface area (TPSA) is 98.3 Å². The molecule has 0 saturated heterocycles. The predicted molar refractivity (Wildman–Crippen MR) is 73.7 cm³/mol. The Morgan fingerprint density at radius 3 is 2.48 bits per heavy atom. The van der Waals surface area contributed by atoms with E-state index < -0.39 is 39.9 Å². The summed E-state index contributed by atoms with van der Waals surface area (Å²) >= 11 is 0.